The molecule has 1 aliphatic rings. The standard InChI is InChI=1S/C8H14N4/c1-11-6-7(9)3-5-12-8(11)2-4-10-12/h2,4,7H,3,5-6,9H2,1H3/t7-/m0/s1. The Labute approximate surface area is 72.0 Å². The lowest BCUT2D eigenvalue weighted by Crippen LogP contribution is -2.33. The highest BCUT2D eigenvalue weighted by molar-refractivity contribution is 5.38. The predicted molar refractivity (Wildman–Crippen MR) is 48.1 cm³/mol. The molecular formula is C8H14N4. The lowest BCUT2D eigenvalue weighted by Gasteiger charge is -2.18. The molecule has 0 saturated carbocycles. The molecule has 0 bridgehead atoms. The molecule has 4 nitrogen and oxygen atoms in total. The molecule has 0 unspecified atom stereocenters. The van der Waals surface area contributed by atoms with Crippen molar-refractivity contribution in [2.24, 2.45) is 5.73 Å². The Morgan fingerprint density at radius 3 is 3.33 bits per heavy atom. The largest absolute Gasteiger partial charge is 0.358 e. The molecule has 0 aliphatic carbocycles. The van der Waals surface area contributed by atoms with Gasteiger partial charge in [-0.05, 0) is 6.42 Å². The molecule has 2 N–H and O–H groups in total. The van der Waals surface area contributed by atoms with Gasteiger partial charge >= 0.3 is 0 Å². The quantitative estimate of drug-likeness (QED) is 0.592. The van der Waals surface area contributed by atoms with E-state index in [9.17, 15) is 0 Å². The third kappa shape index (κ3) is 1.18. The number of anilines is 1. The normalized spacial score (nSPS) is 23.5. The van der Waals surface area contributed by atoms with E-state index in [1.807, 2.05) is 16.9 Å². The van der Waals surface area contributed by atoms with Crippen LogP contribution in [0.3, 0.4) is 0 Å². The summed E-state index contributed by atoms with van der Waals surface area (Å²) in [5, 5.41) is 4.22. The van der Waals surface area contributed by atoms with E-state index in [4.69, 9.17) is 5.73 Å². The molecule has 2 rings (SSSR count). The molecule has 4 heteroatoms. The molecule has 0 fully saturated rings. The van der Waals surface area contributed by atoms with Crippen LogP contribution < -0.4 is 10.6 Å². The summed E-state index contributed by atoms with van der Waals surface area (Å²) in [6, 6.07) is 2.30. The first-order valence-corrected chi connectivity index (χ1v) is 4.26. The number of fused-ring (bicyclic) bond motifs is 1. The lowest BCUT2D eigenvalue weighted by molar-refractivity contribution is 0.546. The average molecular weight is 166 g/mol. The van der Waals surface area contributed by atoms with Crippen LogP contribution in [-0.4, -0.2) is 29.4 Å². The van der Waals surface area contributed by atoms with Gasteiger partial charge in [0.15, 0.2) is 0 Å². The van der Waals surface area contributed by atoms with Gasteiger partial charge in [0.25, 0.3) is 0 Å². The maximum atomic E-state index is 5.88. The zero-order chi connectivity index (χ0) is 8.55. The average Bonchev–Trinajstić information content (AvgIpc) is 2.43. The number of hydrogen-bond acceptors (Lipinski definition) is 3. The van der Waals surface area contributed by atoms with E-state index in [0.717, 1.165) is 19.5 Å². The maximum absolute atomic E-state index is 5.88. The lowest BCUT2D eigenvalue weighted by atomic mass is 10.2. The summed E-state index contributed by atoms with van der Waals surface area (Å²) in [7, 11) is 2.05. The number of hydrogen-bond donors (Lipinski definition) is 1. The highest BCUT2D eigenvalue weighted by Gasteiger charge is 2.16. The van der Waals surface area contributed by atoms with Crippen LogP contribution >= 0.6 is 0 Å². The van der Waals surface area contributed by atoms with Crippen molar-refractivity contribution < 1.29 is 0 Å². The highest BCUT2D eigenvalue weighted by Crippen LogP contribution is 2.16. The first-order valence-electron chi connectivity index (χ1n) is 4.26. The highest BCUT2D eigenvalue weighted by atomic mass is 15.4. The second-order valence-corrected chi connectivity index (χ2v) is 3.34. The number of likely N-dealkylation sites (N-methyl/N-ethyl adjacent to an activating group) is 1. The fourth-order valence-corrected chi connectivity index (χ4v) is 1.65. The van der Waals surface area contributed by atoms with Crippen molar-refractivity contribution in [3.05, 3.63) is 12.3 Å². The van der Waals surface area contributed by atoms with Gasteiger partial charge in [0.2, 0.25) is 0 Å². The first-order chi connectivity index (χ1) is 5.77. The van der Waals surface area contributed by atoms with Crippen molar-refractivity contribution in [3.63, 3.8) is 0 Å². The van der Waals surface area contributed by atoms with Crippen molar-refractivity contribution in [3.8, 4) is 0 Å². The Kier molecular flexibility index (Phi) is 1.77. The molecule has 0 radical (unpaired) electrons. The Balaban J connectivity index is 2.29. The minimum absolute atomic E-state index is 0.275. The molecule has 0 aromatic carbocycles. The summed E-state index contributed by atoms with van der Waals surface area (Å²) in [5.41, 5.74) is 5.88. The van der Waals surface area contributed by atoms with E-state index in [2.05, 4.69) is 17.0 Å². The molecule has 66 valence electrons. The number of aromatic nitrogens is 2. The van der Waals surface area contributed by atoms with E-state index in [1.54, 1.807) is 0 Å². The number of aryl methyl sites for hydroxylation is 1. The van der Waals surface area contributed by atoms with E-state index in [0.29, 0.717) is 0 Å². The summed E-state index contributed by atoms with van der Waals surface area (Å²) in [4.78, 5) is 2.16. The van der Waals surface area contributed by atoms with Crippen LogP contribution in [0.25, 0.3) is 0 Å². The van der Waals surface area contributed by atoms with Gasteiger partial charge in [0.1, 0.15) is 5.82 Å². The monoisotopic (exact) mass is 166 g/mol. The summed E-state index contributed by atoms with van der Waals surface area (Å²) >= 11 is 0. The molecule has 0 saturated heterocycles. The Bertz CT molecular complexity index is 268. The second-order valence-electron chi connectivity index (χ2n) is 3.34. The van der Waals surface area contributed by atoms with E-state index < -0.39 is 0 Å². The van der Waals surface area contributed by atoms with Gasteiger partial charge in [-0.2, -0.15) is 5.10 Å². The predicted octanol–water partition coefficient (Wildman–Crippen LogP) is 0.0503. The molecular weight excluding hydrogens is 152 g/mol. The van der Waals surface area contributed by atoms with Crippen LogP contribution in [0.5, 0.6) is 0 Å². The van der Waals surface area contributed by atoms with Crippen molar-refractivity contribution in [2.45, 2.75) is 19.0 Å². The Morgan fingerprint density at radius 2 is 2.50 bits per heavy atom. The molecule has 1 aromatic heterocycles. The summed E-state index contributed by atoms with van der Waals surface area (Å²) < 4.78 is 2.01. The fraction of sp³-hybridized carbons (Fsp3) is 0.625. The smallest absolute Gasteiger partial charge is 0.126 e. The van der Waals surface area contributed by atoms with Crippen molar-refractivity contribution >= 4 is 5.82 Å². The Hall–Kier alpha value is -1.03. The van der Waals surface area contributed by atoms with Crippen molar-refractivity contribution in [1.29, 1.82) is 0 Å². The third-order valence-electron chi connectivity index (χ3n) is 2.31. The molecule has 12 heavy (non-hydrogen) atoms. The fourth-order valence-electron chi connectivity index (χ4n) is 1.65. The third-order valence-corrected chi connectivity index (χ3v) is 2.31. The molecule has 0 spiro atoms. The molecule has 1 atom stereocenters. The number of rotatable bonds is 0. The van der Waals surface area contributed by atoms with E-state index in [-0.39, 0.29) is 6.04 Å². The second kappa shape index (κ2) is 2.79. The van der Waals surface area contributed by atoms with E-state index >= 15 is 0 Å². The van der Waals surface area contributed by atoms with Gasteiger partial charge in [-0.1, -0.05) is 0 Å². The van der Waals surface area contributed by atoms with Crippen LogP contribution in [0.4, 0.5) is 5.82 Å². The van der Waals surface area contributed by atoms with Gasteiger partial charge in [-0.15, -0.1) is 0 Å². The minimum Gasteiger partial charge on any atom is -0.358 e. The summed E-state index contributed by atoms with van der Waals surface area (Å²) in [6.07, 6.45) is 2.85. The van der Waals surface area contributed by atoms with Crippen molar-refractivity contribution in [1.82, 2.24) is 9.78 Å². The van der Waals surface area contributed by atoms with Gasteiger partial charge in [-0.3, -0.25) is 0 Å². The van der Waals surface area contributed by atoms with E-state index in [1.165, 1.54) is 5.82 Å². The van der Waals surface area contributed by atoms with Gasteiger partial charge in [-0.25, -0.2) is 4.68 Å². The van der Waals surface area contributed by atoms with Crippen LogP contribution in [0.15, 0.2) is 12.3 Å². The van der Waals surface area contributed by atoms with Crippen LogP contribution in [0, 0.1) is 0 Å². The van der Waals surface area contributed by atoms with Gasteiger partial charge in [0, 0.05) is 32.2 Å². The number of nitrogens with zero attached hydrogens (tertiary/aromatic N) is 3. The van der Waals surface area contributed by atoms with Gasteiger partial charge < -0.3 is 10.6 Å². The molecule has 2 heterocycles. The Morgan fingerprint density at radius 1 is 1.67 bits per heavy atom. The SMILES string of the molecule is CN1C[C@@H](N)CCn2nccc21. The van der Waals surface area contributed by atoms with Crippen molar-refractivity contribution in [2.75, 3.05) is 18.5 Å². The van der Waals surface area contributed by atoms with Crippen LogP contribution in [-0.2, 0) is 6.54 Å². The maximum Gasteiger partial charge on any atom is 0.126 e. The zero-order valence-corrected chi connectivity index (χ0v) is 7.27. The van der Waals surface area contributed by atoms with Crippen LogP contribution in [0.2, 0.25) is 0 Å². The molecule has 1 aromatic rings. The minimum atomic E-state index is 0.275. The zero-order valence-electron chi connectivity index (χ0n) is 7.27. The summed E-state index contributed by atoms with van der Waals surface area (Å²) in [5.74, 6) is 1.17. The molecule has 0 amide bonds. The topological polar surface area (TPSA) is 47.1 Å². The first kappa shape index (κ1) is 7.61. The van der Waals surface area contributed by atoms with Crippen LogP contribution in [0.1, 0.15) is 6.42 Å². The van der Waals surface area contributed by atoms with Gasteiger partial charge in [0.05, 0.1) is 6.20 Å². The number of nitrogens with two attached hydrogens (primary N) is 1. The summed E-state index contributed by atoms with van der Waals surface area (Å²) in [6.45, 7) is 1.86. The molecule has 1 aliphatic heterocycles.